The Balaban J connectivity index is 1.99. The van der Waals surface area contributed by atoms with Crippen molar-refractivity contribution >= 4 is 11.7 Å². The second-order valence-electron chi connectivity index (χ2n) is 5.29. The predicted molar refractivity (Wildman–Crippen MR) is 71.2 cm³/mol. The van der Waals surface area contributed by atoms with Gasteiger partial charge in [0.25, 0.3) is 0 Å². The van der Waals surface area contributed by atoms with Gasteiger partial charge in [-0.3, -0.25) is 9.48 Å². The molecule has 18 heavy (non-hydrogen) atoms. The van der Waals surface area contributed by atoms with Crippen molar-refractivity contribution in [3.63, 3.8) is 0 Å². The van der Waals surface area contributed by atoms with Crippen molar-refractivity contribution in [3.05, 3.63) is 11.3 Å². The lowest BCUT2D eigenvalue weighted by atomic mass is 10.00. The molecule has 1 aromatic rings. The van der Waals surface area contributed by atoms with Crippen LogP contribution in [0.2, 0.25) is 0 Å². The van der Waals surface area contributed by atoms with Crippen LogP contribution in [0, 0.1) is 19.8 Å². The zero-order valence-electron chi connectivity index (χ0n) is 11.4. The second kappa shape index (κ2) is 5.10. The average molecular weight is 250 g/mol. The molecule has 0 bridgehead atoms. The molecule has 0 spiro atoms. The standard InChI is InChI=1S/C13H22N4O/c1-8-9(2)16-17(3)13(8)15-12(18)7-10-5-4-6-11(10)14/h10-11H,4-7,14H2,1-3H3,(H,15,18)/t10-,11+/m0/s1. The van der Waals surface area contributed by atoms with E-state index >= 15 is 0 Å². The molecule has 1 aromatic heterocycles. The monoisotopic (exact) mass is 250 g/mol. The van der Waals surface area contributed by atoms with Crippen LogP contribution in [-0.2, 0) is 11.8 Å². The van der Waals surface area contributed by atoms with Crippen molar-refractivity contribution < 1.29 is 4.79 Å². The highest BCUT2D eigenvalue weighted by Crippen LogP contribution is 2.27. The number of rotatable bonds is 3. The predicted octanol–water partition coefficient (Wildman–Crippen LogP) is 1.49. The van der Waals surface area contributed by atoms with Crippen molar-refractivity contribution in [2.45, 2.75) is 45.6 Å². The van der Waals surface area contributed by atoms with Gasteiger partial charge in [0.1, 0.15) is 5.82 Å². The third-order valence-electron chi connectivity index (χ3n) is 3.94. The molecule has 2 rings (SSSR count). The Morgan fingerprint density at radius 1 is 1.50 bits per heavy atom. The van der Waals surface area contributed by atoms with Crippen LogP contribution >= 0.6 is 0 Å². The van der Waals surface area contributed by atoms with E-state index in [4.69, 9.17) is 5.73 Å². The van der Waals surface area contributed by atoms with E-state index in [0.717, 1.165) is 36.3 Å². The molecule has 0 saturated heterocycles. The Morgan fingerprint density at radius 3 is 2.72 bits per heavy atom. The van der Waals surface area contributed by atoms with Gasteiger partial charge in [0.05, 0.1) is 5.69 Å². The van der Waals surface area contributed by atoms with Crippen molar-refractivity contribution in [1.82, 2.24) is 9.78 Å². The third kappa shape index (κ3) is 2.56. The van der Waals surface area contributed by atoms with Gasteiger partial charge in [-0.05, 0) is 32.6 Å². The molecule has 5 nitrogen and oxygen atoms in total. The summed E-state index contributed by atoms with van der Waals surface area (Å²) in [6, 6.07) is 0.185. The lowest BCUT2D eigenvalue weighted by Gasteiger charge is -2.15. The number of aromatic nitrogens is 2. The molecule has 0 unspecified atom stereocenters. The van der Waals surface area contributed by atoms with E-state index in [9.17, 15) is 4.79 Å². The van der Waals surface area contributed by atoms with Crippen molar-refractivity contribution in [2.24, 2.45) is 18.7 Å². The molecule has 0 aromatic carbocycles. The number of aryl methyl sites for hydroxylation is 2. The van der Waals surface area contributed by atoms with Crippen LogP contribution in [0.3, 0.4) is 0 Å². The summed E-state index contributed by atoms with van der Waals surface area (Å²) in [5, 5.41) is 7.24. The third-order valence-corrected chi connectivity index (χ3v) is 3.94. The van der Waals surface area contributed by atoms with Gasteiger partial charge in [-0.2, -0.15) is 5.10 Å². The summed E-state index contributed by atoms with van der Waals surface area (Å²) in [5.41, 5.74) is 7.97. The summed E-state index contributed by atoms with van der Waals surface area (Å²) in [6.45, 7) is 3.91. The molecule has 3 N–H and O–H groups in total. The summed E-state index contributed by atoms with van der Waals surface area (Å²) in [7, 11) is 1.84. The van der Waals surface area contributed by atoms with Crippen molar-refractivity contribution in [2.75, 3.05) is 5.32 Å². The Bertz CT molecular complexity index is 452. The van der Waals surface area contributed by atoms with Crippen LogP contribution in [0.5, 0.6) is 0 Å². The molecule has 5 heteroatoms. The molecule has 1 saturated carbocycles. The molecule has 1 aliphatic carbocycles. The minimum absolute atomic E-state index is 0.0449. The summed E-state index contributed by atoms with van der Waals surface area (Å²) >= 11 is 0. The number of anilines is 1. The molecule has 1 amide bonds. The smallest absolute Gasteiger partial charge is 0.225 e. The van der Waals surface area contributed by atoms with Gasteiger partial charge in [-0.15, -0.1) is 0 Å². The lowest BCUT2D eigenvalue weighted by molar-refractivity contribution is -0.117. The van der Waals surface area contributed by atoms with Crippen LogP contribution in [0.4, 0.5) is 5.82 Å². The highest BCUT2D eigenvalue weighted by molar-refractivity contribution is 5.90. The molecule has 1 aliphatic rings. The maximum Gasteiger partial charge on any atom is 0.225 e. The van der Waals surface area contributed by atoms with Crippen LogP contribution in [0.1, 0.15) is 36.9 Å². The van der Waals surface area contributed by atoms with Crippen LogP contribution in [0.15, 0.2) is 0 Å². The first-order valence-electron chi connectivity index (χ1n) is 6.54. The topological polar surface area (TPSA) is 72.9 Å². The van der Waals surface area contributed by atoms with Gasteiger partial charge in [-0.25, -0.2) is 0 Å². The minimum atomic E-state index is 0.0449. The number of carbonyl (C=O) groups is 1. The quantitative estimate of drug-likeness (QED) is 0.853. The first kappa shape index (κ1) is 13.1. The van der Waals surface area contributed by atoms with Crippen molar-refractivity contribution in [1.29, 1.82) is 0 Å². The molecule has 0 radical (unpaired) electrons. The zero-order chi connectivity index (χ0) is 13.3. The highest BCUT2D eigenvalue weighted by Gasteiger charge is 2.26. The molecular weight excluding hydrogens is 228 g/mol. The fourth-order valence-electron chi connectivity index (χ4n) is 2.68. The Kier molecular flexibility index (Phi) is 3.71. The van der Waals surface area contributed by atoms with E-state index in [1.807, 2.05) is 20.9 Å². The number of hydrogen-bond donors (Lipinski definition) is 2. The maximum atomic E-state index is 12.0. The van der Waals surface area contributed by atoms with Crippen molar-refractivity contribution in [3.8, 4) is 0 Å². The van der Waals surface area contributed by atoms with Gasteiger partial charge in [-0.1, -0.05) is 6.42 Å². The van der Waals surface area contributed by atoms with Crippen LogP contribution in [0.25, 0.3) is 0 Å². The molecule has 1 fully saturated rings. The largest absolute Gasteiger partial charge is 0.327 e. The van der Waals surface area contributed by atoms with E-state index in [-0.39, 0.29) is 11.9 Å². The minimum Gasteiger partial charge on any atom is -0.327 e. The summed E-state index contributed by atoms with van der Waals surface area (Å²) in [4.78, 5) is 12.0. The number of amides is 1. The molecule has 100 valence electrons. The average Bonchev–Trinajstić information content (AvgIpc) is 2.79. The first-order valence-corrected chi connectivity index (χ1v) is 6.54. The van der Waals surface area contributed by atoms with E-state index in [1.54, 1.807) is 4.68 Å². The molecule has 1 heterocycles. The van der Waals surface area contributed by atoms with Gasteiger partial charge in [0.15, 0.2) is 0 Å². The number of hydrogen-bond acceptors (Lipinski definition) is 3. The summed E-state index contributed by atoms with van der Waals surface area (Å²) in [6.07, 6.45) is 3.77. The Morgan fingerprint density at radius 2 is 2.22 bits per heavy atom. The Labute approximate surface area is 108 Å². The summed E-state index contributed by atoms with van der Waals surface area (Å²) < 4.78 is 1.72. The number of nitrogens with one attached hydrogen (secondary N) is 1. The first-order chi connectivity index (χ1) is 8.49. The second-order valence-corrected chi connectivity index (χ2v) is 5.29. The van der Waals surface area contributed by atoms with Crippen LogP contribution in [-0.4, -0.2) is 21.7 Å². The van der Waals surface area contributed by atoms with Gasteiger partial charge >= 0.3 is 0 Å². The molecular formula is C13H22N4O. The molecule has 0 aliphatic heterocycles. The number of nitrogens with two attached hydrogens (primary N) is 1. The summed E-state index contributed by atoms with van der Waals surface area (Å²) in [5.74, 6) is 1.17. The van der Waals surface area contributed by atoms with Gasteiger partial charge in [0.2, 0.25) is 5.91 Å². The van der Waals surface area contributed by atoms with E-state index in [0.29, 0.717) is 12.3 Å². The van der Waals surface area contributed by atoms with E-state index in [1.165, 1.54) is 0 Å². The van der Waals surface area contributed by atoms with E-state index in [2.05, 4.69) is 10.4 Å². The normalized spacial score (nSPS) is 23.3. The zero-order valence-corrected chi connectivity index (χ0v) is 11.4. The fourth-order valence-corrected chi connectivity index (χ4v) is 2.68. The number of nitrogens with zero attached hydrogens (tertiary/aromatic N) is 2. The fraction of sp³-hybridized carbons (Fsp3) is 0.692. The lowest BCUT2D eigenvalue weighted by Crippen LogP contribution is -2.28. The molecule has 2 atom stereocenters. The van der Waals surface area contributed by atoms with E-state index < -0.39 is 0 Å². The highest BCUT2D eigenvalue weighted by atomic mass is 16.1. The number of carbonyl (C=O) groups excluding carboxylic acids is 1. The van der Waals surface area contributed by atoms with Crippen LogP contribution < -0.4 is 11.1 Å². The van der Waals surface area contributed by atoms with Gasteiger partial charge < -0.3 is 11.1 Å². The SMILES string of the molecule is Cc1nn(C)c(NC(=O)C[C@@H]2CCC[C@H]2N)c1C. The van der Waals surface area contributed by atoms with Gasteiger partial charge in [0, 0.05) is 25.1 Å². The maximum absolute atomic E-state index is 12.0. The Hall–Kier alpha value is -1.36.